The van der Waals surface area contributed by atoms with Crippen molar-refractivity contribution in [3.05, 3.63) is 29.8 Å². The van der Waals surface area contributed by atoms with Crippen LogP contribution >= 0.6 is 0 Å². The second kappa shape index (κ2) is 12.9. The third-order valence-corrected chi connectivity index (χ3v) is 6.98. The Morgan fingerprint density at radius 1 is 1.17 bits per heavy atom. The summed E-state index contributed by atoms with van der Waals surface area (Å²) < 4.78 is 31.9. The van der Waals surface area contributed by atoms with Gasteiger partial charge in [0.2, 0.25) is 10.0 Å². The summed E-state index contributed by atoms with van der Waals surface area (Å²) in [6.07, 6.45) is 2.90. The van der Waals surface area contributed by atoms with Crippen LogP contribution in [0, 0.1) is 0 Å². The topological polar surface area (TPSA) is 86.3 Å². The highest BCUT2D eigenvalue weighted by molar-refractivity contribution is 7.89. The molecule has 0 radical (unpaired) electrons. The number of aliphatic imine (C=N–C) groups is 1. The van der Waals surface area contributed by atoms with Crippen LogP contribution in [0.5, 0.6) is 0 Å². The number of nitrogens with one attached hydrogen (secondary N) is 2. The first-order valence-corrected chi connectivity index (χ1v) is 12.2. The Bertz CT molecular complexity index is 746. The van der Waals surface area contributed by atoms with Crippen molar-refractivity contribution < 1.29 is 13.2 Å². The van der Waals surface area contributed by atoms with Crippen LogP contribution in [-0.4, -0.2) is 83.6 Å². The zero-order valence-electron chi connectivity index (χ0n) is 18.6. The Morgan fingerprint density at radius 2 is 1.87 bits per heavy atom. The molecule has 0 saturated carbocycles. The van der Waals surface area contributed by atoms with Crippen molar-refractivity contribution in [3.8, 4) is 0 Å². The molecule has 1 aliphatic rings. The van der Waals surface area contributed by atoms with Gasteiger partial charge in [-0.2, -0.15) is 4.31 Å². The Balaban J connectivity index is 1.86. The molecule has 1 aromatic carbocycles. The number of hydrogen-bond donors (Lipinski definition) is 2. The summed E-state index contributed by atoms with van der Waals surface area (Å²) in [6, 6.07) is 7.07. The Labute approximate surface area is 181 Å². The molecule has 0 aliphatic carbocycles. The van der Waals surface area contributed by atoms with Gasteiger partial charge < -0.3 is 20.3 Å². The number of nitrogens with zero attached hydrogens (tertiary/aromatic N) is 3. The molecule has 2 rings (SSSR count). The smallest absolute Gasteiger partial charge is 0.243 e. The molecule has 0 aromatic heterocycles. The molecule has 1 aliphatic heterocycles. The molecular formula is C21H37N5O3S. The maximum atomic E-state index is 12.6. The average molecular weight is 440 g/mol. The molecule has 30 heavy (non-hydrogen) atoms. The molecule has 0 spiro atoms. The number of likely N-dealkylation sites (N-methyl/N-ethyl adjacent to an activating group) is 1. The predicted molar refractivity (Wildman–Crippen MR) is 121 cm³/mol. The molecule has 0 unspecified atom stereocenters. The van der Waals surface area contributed by atoms with E-state index < -0.39 is 10.0 Å². The van der Waals surface area contributed by atoms with E-state index in [9.17, 15) is 8.42 Å². The Kier molecular flexibility index (Phi) is 10.6. The number of sulfonamides is 1. The first-order chi connectivity index (χ1) is 14.5. The van der Waals surface area contributed by atoms with Crippen LogP contribution in [0.4, 0.5) is 0 Å². The lowest BCUT2D eigenvalue weighted by Crippen LogP contribution is -2.41. The molecule has 0 amide bonds. The summed E-state index contributed by atoms with van der Waals surface area (Å²) in [5, 5.41) is 6.60. The molecule has 0 bridgehead atoms. The van der Waals surface area contributed by atoms with Gasteiger partial charge in [-0.15, -0.1) is 0 Å². The summed E-state index contributed by atoms with van der Waals surface area (Å²) in [4.78, 5) is 7.24. The van der Waals surface area contributed by atoms with Gasteiger partial charge in [-0.25, -0.2) is 13.4 Å². The molecule has 0 atom stereocenters. The summed E-state index contributed by atoms with van der Waals surface area (Å²) in [7, 11) is 0.456. The summed E-state index contributed by atoms with van der Waals surface area (Å²) >= 11 is 0. The highest BCUT2D eigenvalue weighted by atomic mass is 32.2. The second-order valence-electron chi connectivity index (χ2n) is 7.53. The van der Waals surface area contributed by atoms with Gasteiger partial charge in [-0.1, -0.05) is 12.1 Å². The predicted octanol–water partition coefficient (Wildman–Crippen LogP) is 1.49. The first kappa shape index (κ1) is 24.6. The van der Waals surface area contributed by atoms with Crippen LogP contribution in [-0.2, 0) is 21.3 Å². The molecule has 1 heterocycles. The van der Waals surface area contributed by atoms with Crippen molar-refractivity contribution in [1.82, 2.24) is 19.8 Å². The third kappa shape index (κ3) is 7.86. The molecule has 170 valence electrons. The highest BCUT2D eigenvalue weighted by Gasteiger charge is 2.26. The van der Waals surface area contributed by atoms with Crippen LogP contribution in [0.25, 0.3) is 0 Å². The van der Waals surface area contributed by atoms with Gasteiger partial charge in [0.1, 0.15) is 0 Å². The maximum Gasteiger partial charge on any atom is 0.243 e. The number of guanidine groups is 1. The van der Waals surface area contributed by atoms with Gasteiger partial charge in [0, 0.05) is 53.0 Å². The minimum atomic E-state index is -3.36. The first-order valence-electron chi connectivity index (χ1n) is 10.8. The van der Waals surface area contributed by atoms with E-state index in [1.165, 1.54) is 0 Å². The maximum absolute atomic E-state index is 12.6. The molecule has 9 heteroatoms. The van der Waals surface area contributed by atoms with E-state index in [0.29, 0.717) is 24.5 Å². The Morgan fingerprint density at radius 3 is 2.50 bits per heavy atom. The van der Waals surface area contributed by atoms with Crippen LogP contribution in [0.15, 0.2) is 34.2 Å². The third-order valence-electron chi connectivity index (χ3n) is 5.06. The molecule has 1 fully saturated rings. The molecule has 1 aromatic rings. The van der Waals surface area contributed by atoms with E-state index in [-0.39, 0.29) is 0 Å². The summed E-state index contributed by atoms with van der Waals surface area (Å²) in [6.45, 7) is 8.02. The van der Waals surface area contributed by atoms with Crippen molar-refractivity contribution in [3.63, 3.8) is 0 Å². The standard InChI is InChI=1S/C21H37N5O3S/c1-4-22-21(23-12-16-25(2)13-7-17-29-3)24-18-19-8-10-20(11-9-19)30(27,28)26-14-5-6-15-26/h8-11H,4-7,12-18H2,1-3H3,(H2,22,23,24). The molecular weight excluding hydrogens is 402 g/mol. The van der Waals surface area contributed by atoms with Gasteiger partial charge in [0.05, 0.1) is 11.4 Å². The van der Waals surface area contributed by atoms with Gasteiger partial charge in [-0.05, 0) is 50.9 Å². The highest BCUT2D eigenvalue weighted by Crippen LogP contribution is 2.21. The van der Waals surface area contributed by atoms with Crippen molar-refractivity contribution in [2.24, 2.45) is 4.99 Å². The monoisotopic (exact) mass is 439 g/mol. The van der Waals surface area contributed by atoms with Gasteiger partial charge in [0.25, 0.3) is 0 Å². The fraction of sp³-hybridized carbons (Fsp3) is 0.667. The second-order valence-corrected chi connectivity index (χ2v) is 9.46. The van der Waals surface area contributed by atoms with Crippen LogP contribution in [0.3, 0.4) is 0 Å². The SMILES string of the molecule is CCNC(=NCc1ccc(S(=O)(=O)N2CCCC2)cc1)NCCN(C)CCCOC. The van der Waals surface area contributed by atoms with Crippen molar-refractivity contribution in [2.75, 3.05) is 60.0 Å². The average Bonchev–Trinajstić information content (AvgIpc) is 3.28. The quantitative estimate of drug-likeness (QED) is 0.292. The van der Waals surface area contributed by atoms with Gasteiger partial charge >= 0.3 is 0 Å². The van der Waals surface area contributed by atoms with Gasteiger partial charge in [0.15, 0.2) is 5.96 Å². The minimum Gasteiger partial charge on any atom is -0.385 e. The molecule has 2 N–H and O–H groups in total. The number of ether oxygens (including phenoxy) is 1. The van der Waals surface area contributed by atoms with Crippen molar-refractivity contribution in [1.29, 1.82) is 0 Å². The number of hydrogen-bond acceptors (Lipinski definition) is 5. The van der Waals surface area contributed by atoms with Crippen LogP contribution < -0.4 is 10.6 Å². The summed E-state index contributed by atoms with van der Waals surface area (Å²) in [5.74, 6) is 0.761. The van der Waals surface area contributed by atoms with E-state index in [4.69, 9.17) is 4.74 Å². The lowest BCUT2D eigenvalue weighted by Gasteiger charge is -2.18. The van der Waals surface area contributed by atoms with Gasteiger partial charge in [-0.3, -0.25) is 0 Å². The fourth-order valence-electron chi connectivity index (χ4n) is 3.31. The van der Waals surface area contributed by atoms with E-state index >= 15 is 0 Å². The Hall–Kier alpha value is -1.68. The zero-order chi connectivity index (χ0) is 21.8. The van der Waals surface area contributed by atoms with Crippen molar-refractivity contribution in [2.45, 2.75) is 37.6 Å². The number of methoxy groups -OCH3 is 1. The van der Waals surface area contributed by atoms with Crippen LogP contribution in [0.2, 0.25) is 0 Å². The number of benzene rings is 1. The lowest BCUT2D eigenvalue weighted by atomic mass is 10.2. The van der Waals surface area contributed by atoms with E-state index in [2.05, 4.69) is 27.6 Å². The van der Waals surface area contributed by atoms with E-state index in [0.717, 1.165) is 63.6 Å². The van der Waals surface area contributed by atoms with Crippen LogP contribution in [0.1, 0.15) is 31.7 Å². The van der Waals surface area contributed by atoms with E-state index in [1.54, 1.807) is 23.5 Å². The normalized spacial score (nSPS) is 15.7. The zero-order valence-corrected chi connectivity index (χ0v) is 19.4. The van der Waals surface area contributed by atoms with Crippen molar-refractivity contribution >= 4 is 16.0 Å². The number of rotatable bonds is 12. The molecule has 1 saturated heterocycles. The minimum absolute atomic E-state index is 0.360. The van der Waals surface area contributed by atoms with E-state index in [1.807, 2.05) is 19.1 Å². The fourth-order valence-corrected chi connectivity index (χ4v) is 4.83. The largest absolute Gasteiger partial charge is 0.385 e. The lowest BCUT2D eigenvalue weighted by molar-refractivity contribution is 0.180. The molecule has 8 nitrogen and oxygen atoms in total. The summed E-state index contributed by atoms with van der Waals surface area (Å²) in [5.41, 5.74) is 0.976.